The predicted molar refractivity (Wildman–Crippen MR) is 151 cm³/mol. The molecule has 3 aromatic heterocycles. The van der Waals surface area contributed by atoms with Crippen molar-refractivity contribution in [3.05, 3.63) is 72.3 Å². The lowest BCUT2D eigenvalue weighted by molar-refractivity contribution is 0.184. The van der Waals surface area contributed by atoms with Crippen molar-refractivity contribution in [2.45, 2.75) is 52.5 Å². The monoisotopic (exact) mass is 531 g/mol. The molecular weight excluding hydrogens is 496 g/mol. The van der Waals surface area contributed by atoms with Crippen LogP contribution < -0.4 is 5.32 Å². The van der Waals surface area contributed by atoms with E-state index in [1.807, 2.05) is 49.7 Å². The van der Waals surface area contributed by atoms with Crippen molar-refractivity contribution in [3.63, 3.8) is 0 Å². The molecule has 1 N–H and O–H groups in total. The number of halogens is 2. The Labute approximate surface area is 228 Å². The first kappa shape index (κ1) is 26.9. The second-order valence-corrected chi connectivity index (χ2v) is 10.5. The second kappa shape index (κ2) is 11.2. The van der Waals surface area contributed by atoms with E-state index in [0.717, 1.165) is 44.2 Å². The summed E-state index contributed by atoms with van der Waals surface area (Å²) in [5, 5.41) is 3.06. The van der Waals surface area contributed by atoms with Crippen LogP contribution in [0.4, 0.5) is 20.5 Å². The maximum Gasteiger partial charge on any atom is 0.229 e. The van der Waals surface area contributed by atoms with Crippen LogP contribution in [0.2, 0.25) is 0 Å². The average Bonchev–Trinajstić information content (AvgIpc) is 3.28. The minimum absolute atomic E-state index is 0.00391. The molecule has 1 fully saturated rings. The summed E-state index contributed by atoms with van der Waals surface area (Å²) in [6.07, 6.45) is 7.24. The highest BCUT2D eigenvalue weighted by Gasteiger charge is 2.25. The predicted octanol–water partition coefficient (Wildman–Crippen LogP) is 6.80. The molecule has 0 bridgehead atoms. The average molecular weight is 532 g/mol. The van der Waals surface area contributed by atoms with Gasteiger partial charge >= 0.3 is 0 Å². The lowest BCUT2D eigenvalue weighted by atomic mass is 9.80. The van der Waals surface area contributed by atoms with Gasteiger partial charge in [0.15, 0.2) is 11.6 Å². The first-order chi connectivity index (χ1) is 18.8. The second-order valence-electron chi connectivity index (χ2n) is 10.5. The van der Waals surface area contributed by atoms with Crippen molar-refractivity contribution in [2.24, 2.45) is 5.92 Å². The molecule has 1 aliphatic heterocycles. The zero-order valence-corrected chi connectivity index (χ0v) is 23.0. The smallest absolute Gasteiger partial charge is 0.229 e. The third-order valence-corrected chi connectivity index (χ3v) is 7.71. The van der Waals surface area contributed by atoms with Crippen LogP contribution in [0.25, 0.3) is 22.3 Å². The molecule has 5 rings (SSSR count). The number of allylic oxidation sites excluding steroid dienone is 1. The molecule has 1 saturated heterocycles. The quantitative estimate of drug-likeness (QED) is 0.252. The topological polar surface area (TPSA) is 71.8 Å². The Morgan fingerprint density at radius 1 is 1.08 bits per heavy atom. The Balaban J connectivity index is 1.38. The van der Waals surface area contributed by atoms with E-state index in [0.29, 0.717) is 28.6 Å². The molecule has 7 nitrogen and oxygen atoms in total. The number of nitrogens with one attached hydrogen (secondary N) is 1. The maximum atomic E-state index is 15.0. The van der Waals surface area contributed by atoms with E-state index in [-0.39, 0.29) is 29.1 Å². The largest absolute Gasteiger partial charge is 0.326 e. The number of likely N-dealkylation sites (tertiary alicyclic amines) is 1. The summed E-state index contributed by atoms with van der Waals surface area (Å²) in [4.78, 5) is 19.9. The molecule has 0 amide bonds. The van der Waals surface area contributed by atoms with Gasteiger partial charge in [0, 0.05) is 23.7 Å². The molecule has 1 aliphatic rings. The Bertz CT molecular complexity index is 1470. The van der Waals surface area contributed by atoms with Crippen LogP contribution in [0.15, 0.2) is 49.3 Å². The van der Waals surface area contributed by atoms with Gasteiger partial charge in [-0.2, -0.15) is 0 Å². The molecule has 4 heterocycles. The minimum atomic E-state index is -0.641. The van der Waals surface area contributed by atoms with Gasteiger partial charge < -0.3 is 14.8 Å². The number of hydrogen-bond acceptors (Lipinski definition) is 6. The van der Waals surface area contributed by atoms with Gasteiger partial charge in [-0.05, 0) is 82.9 Å². The fraction of sp³-hybridized carbons (Fsp3) is 0.400. The van der Waals surface area contributed by atoms with Crippen LogP contribution in [0.3, 0.4) is 0 Å². The Morgan fingerprint density at radius 3 is 2.49 bits per heavy atom. The summed E-state index contributed by atoms with van der Waals surface area (Å²) in [5.74, 6) is 1.03. The van der Waals surface area contributed by atoms with Crippen LogP contribution in [-0.4, -0.2) is 49.0 Å². The molecule has 39 heavy (non-hydrogen) atoms. The number of piperidine rings is 1. The normalized spacial score (nSPS) is 15.7. The third-order valence-electron chi connectivity index (χ3n) is 7.71. The molecule has 4 aromatic rings. The zero-order chi connectivity index (χ0) is 27.7. The van der Waals surface area contributed by atoms with Crippen molar-refractivity contribution in [2.75, 3.05) is 25.0 Å². The Morgan fingerprint density at radius 2 is 1.85 bits per heavy atom. The van der Waals surface area contributed by atoms with Crippen molar-refractivity contribution < 1.29 is 8.78 Å². The lowest BCUT2D eigenvalue weighted by Crippen LogP contribution is -2.35. The summed E-state index contributed by atoms with van der Waals surface area (Å²) >= 11 is 0. The van der Waals surface area contributed by atoms with Crippen LogP contribution in [0.1, 0.15) is 57.0 Å². The van der Waals surface area contributed by atoms with Crippen molar-refractivity contribution in [1.29, 1.82) is 0 Å². The van der Waals surface area contributed by atoms with Crippen molar-refractivity contribution >= 4 is 22.8 Å². The number of aromatic nitrogens is 5. The van der Waals surface area contributed by atoms with Crippen LogP contribution >= 0.6 is 0 Å². The number of rotatable bonds is 8. The van der Waals surface area contributed by atoms with Gasteiger partial charge in [0.1, 0.15) is 22.9 Å². The maximum absolute atomic E-state index is 15.0. The zero-order valence-electron chi connectivity index (χ0n) is 23.0. The molecule has 0 radical (unpaired) electrons. The van der Waals surface area contributed by atoms with Crippen LogP contribution in [0.5, 0.6) is 0 Å². The highest BCUT2D eigenvalue weighted by Crippen LogP contribution is 2.34. The van der Waals surface area contributed by atoms with Gasteiger partial charge in [0.25, 0.3) is 0 Å². The van der Waals surface area contributed by atoms with Gasteiger partial charge in [-0.3, -0.25) is 0 Å². The van der Waals surface area contributed by atoms with E-state index in [1.54, 1.807) is 6.07 Å². The summed E-state index contributed by atoms with van der Waals surface area (Å²) in [6, 6.07) is 6.96. The van der Waals surface area contributed by atoms with Gasteiger partial charge in [-0.25, -0.2) is 28.7 Å². The van der Waals surface area contributed by atoms with E-state index < -0.39 is 11.6 Å². The Kier molecular flexibility index (Phi) is 7.70. The summed E-state index contributed by atoms with van der Waals surface area (Å²) in [5.41, 5.74) is 2.29. The number of nitrogens with zero attached hydrogens (tertiary/aromatic N) is 6. The number of pyridine rings is 1. The van der Waals surface area contributed by atoms with Gasteiger partial charge in [-0.15, -0.1) is 6.58 Å². The Hall–Kier alpha value is -3.72. The van der Waals surface area contributed by atoms with Crippen molar-refractivity contribution in [1.82, 2.24) is 29.4 Å². The number of anilines is 2. The molecule has 0 saturated carbocycles. The standard InChI is InChI=1S/C30H35F2N7/c1-6-23(20-10-12-38(7-2)13-11-20)21-8-9-27(33-16-21)36-30-34-17-25(32)28(37-30)22-14-24(31)29-26(15-22)39(18(3)4)19(5)35-29/h6,8-9,14-18,20,23H,1,7,10-13H2,2-5H3,(H,33,34,36,37)/t23-/m0/s1. The fourth-order valence-electron chi connectivity index (χ4n) is 5.71. The van der Waals surface area contributed by atoms with E-state index in [1.165, 1.54) is 6.07 Å². The molecule has 0 spiro atoms. The molecule has 1 atom stereocenters. The van der Waals surface area contributed by atoms with Gasteiger partial charge in [0.2, 0.25) is 5.95 Å². The highest BCUT2D eigenvalue weighted by atomic mass is 19.1. The number of benzene rings is 1. The van der Waals surface area contributed by atoms with Gasteiger partial charge in [0.05, 0.1) is 11.7 Å². The molecular formula is C30H35F2N7. The lowest BCUT2D eigenvalue weighted by Gasteiger charge is -2.34. The van der Waals surface area contributed by atoms with Crippen LogP contribution in [-0.2, 0) is 0 Å². The fourth-order valence-corrected chi connectivity index (χ4v) is 5.71. The summed E-state index contributed by atoms with van der Waals surface area (Å²) < 4.78 is 31.8. The van der Waals surface area contributed by atoms with E-state index in [4.69, 9.17) is 0 Å². The highest BCUT2D eigenvalue weighted by molar-refractivity contribution is 5.83. The summed E-state index contributed by atoms with van der Waals surface area (Å²) in [6.45, 7) is 15.4. The summed E-state index contributed by atoms with van der Waals surface area (Å²) in [7, 11) is 0. The number of hydrogen-bond donors (Lipinski definition) is 1. The van der Waals surface area contributed by atoms with E-state index in [2.05, 4.69) is 43.7 Å². The molecule has 0 aliphatic carbocycles. The molecule has 1 aromatic carbocycles. The third kappa shape index (κ3) is 5.41. The van der Waals surface area contributed by atoms with E-state index >= 15 is 0 Å². The van der Waals surface area contributed by atoms with E-state index in [9.17, 15) is 8.78 Å². The first-order valence-corrected chi connectivity index (χ1v) is 13.6. The number of fused-ring (bicyclic) bond motifs is 1. The molecule has 204 valence electrons. The van der Waals surface area contributed by atoms with Crippen molar-refractivity contribution in [3.8, 4) is 11.3 Å². The first-order valence-electron chi connectivity index (χ1n) is 13.6. The molecule has 9 heteroatoms. The van der Waals surface area contributed by atoms with Gasteiger partial charge in [-0.1, -0.05) is 19.1 Å². The number of aryl methyl sites for hydroxylation is 1. The van der Waals surface area contributed by atoms with Crippen LogP contribution in [0, 0.1) is 24.5 Å². The minimum Gasteiger partial charge on any atom is -0.326 e. The molecule has 0 unspecified atom stereocenters. The SMILES string of the molecule is C=C[C@H](c1ccc(Nc2ncc(F)c(-c3cc(F)c4nc(C)n(C(C)C)c4c3)n2)nc1)C1CCN(CC)CC1. The number of imidazole rings is 1.